The molecule has 1 aliphatic carbocycles. The maximum atomic E-state index is 13.2. The molecule has 4 rings (SSSR count). The number of fused-ring (bicyclic) bond motifs is 2. The minimum absolute atomic E-state index is 0.123. The highest BCUT2D eigenvalue weighted by molar-refractivity contribution is 6.15. The molecule has 0 bridgehead atoms. The minimum atomic E-state index is 0.123. The van der Waals surface area contributed by atoms with Gasteiger partial charge in [0, 0.05) is 16.8 Å². The molecule has 0 aliphatic heterocycles. The van der Waals surface area contributed by atoms with E-state index in [2.05, 4.69) is 50.4 Å². The molecule has 0 heterocycles. The summed E-state index contributed by atoms with van der Waals surface area (Å²) in [6, 6.07) is 18.6. The molecule has 0 saturated heterocycles. The fraction of sp³-hybridized carbons (Fsp3) is 0.296. The normalized spacial score (nSPS) is 11.8. The van der Waals surface area contributed by atoms with Crippen LogP contribution in [0, 0.1) is 6.92 Å². The van der Waals surface area contributed by atoms with E-state index in [0.717, 1.165) is 52.9 Å². The molecule has 0 spiro atoms. The van der Waals surface area contributed by atoms with Gasteiger partial charge in [0.25, 0.3) is 0 Å². The molecule has 3 aromatic rings. The Hall–Kier alpha value is -2.87. The zero-order valence-electron chi connectivity index (χ0n) is 18.2. The Bertz CT molecular complexity index is 1010. The standard InChI is InChI=1S/C25H25NO.C2H6/c1-4-17-13-16(3)14-18(5-2)24(17)26-22-12-8-10-20-15-19-9-6-7-11-21(19)25(27)23(20)22;1-2/h6-14,26H,4-5,15H2,1-3H3;1-2H3. The first-order chi connectivity index (χ1) is 14.1. The highest BCUT2D eigenvalue weighted by Crippen LogP contribution is 2.35. The summed E-state index contributed by atoms with van der Waals surface area (Å²) in [5.74, 6) is 0.123. The van der Waals surface area contributed by atoms with Crippen molar-refractivity contribution in [2.24, 2.45) is 0 Å². The molecular weight excluding hydrogens is 354 g/mol. The summed E-state index contributed by atoms with van der Waals surface area (Å²) in [6.45, 7) is 10.5. The summed E-state index contributed by atoms with van der Waals surface area (Å²) in [6.07, 6.45) is 2.73. The van der Waals surface area contributed by atoms with Crippen LogP contribution in [-0.2, 0) is 19.3 Å². The van der Waals surface area contributed by atoms with Gasteiger partial charge in [0.05, 0.1) is 5.69 Å². The number of hydrogen-bond donors (Lipinski definition) is 1. The average Bonchev–Trinajstić information content (AvgIpc) is 2.76. The molecule has 0 aromatic heterocycles. The fourth-order valence-electron chi connectivity index (χ4n) is 4.15. The van der Waals surface area contributed by atoms with E-state index >= 15 is 0 Å². The van der Waals surface area contributed by atoms with Crippen molar-refractivity contribution in [1.82, 2.24) is 0 Å². The quantitative estimate of drug-likeness (QED) is 0.409. The number of rotatable bonds is 4. The summed E-state index contributed by atoms with van der Waals surface area (Å²) >= 11 is 0. The van der Waals surface area contributed by atoms with Crippen LogP contribution in [0.5, 0.6) is 0 Å². The molecular formula is C27H31NO. The topological polar surface area (TPSA) is 29.1 Å². The van der Waals surface area contributed by atoms with Crippen LogP contribution in [0.1, 0.15) is 71.4 Å². The summed E-state index contributed by atoms with van der Waals surface area (Å²) in [5.41, 5.74) is 9.83. The Morgan fingerprint density at radius 1 is 0.862 bits per heavy atom. The molecule has 3 aromatic carbocycles. The number of aryl methyl sites for hydroxylation is 3. The largest absolute Gasteiger partial charge is 0.354 e. The molecule has 2 heteroatoms. The van der Waals surface area contributed by atoms with Crippen molar-refractivity contribution in [2.75, 3.05) is 5.32 Å². The lowest BCUT2D eigenvalue weighted by Gasteiger charge is -2.23. The van der Waals surface area contributed by atoms with Gasteiger partial charge in [-0.25, -0.2) is 0 Å². The Balaban J connectivity index is 0.00000117. The zero-order chi connectivity index (χ0) is 21.0. The summed E-state index contributed by atoms with van der Waals surface area (Å²) < 4.78 is 0. The highest BCUT2D eigenvalue weighted by Gasteiger charge is 2.26. The van der Waals surface area contributed by atoms with Gasteiger partial charge in [-0.05, 0) is 54.5 Å². The number of carbonyl (C=O) groups excluding carboxylic acids is 1. The Morgan fingerprint density at radius 2 is 1.48 bits per heavy atom. The molecule has 150 valence electrons. The van der Waals surface area contributed by atoms with Crippen LogP contribution in [0.2, 0.25) is 0 Å². The van der Waals surface area contributed by atoms with Crippen LogP contribution in [-0.4, -0.2) is 5.78 Å². The molecule has 0 amide bonds. The van der Waals surface area contributed by atoms with Crippen LogP contribution in [0.3, 0.4) is 0 Å². The van der Waals surface area contributed by atoms with Crippen molar-refractivity contribution in [3.63, 3.8) is 0 Å². The molecule has 1 aliphatic rings. The number of carbonyl (C=O) groups is 1. The van der Waals surface area contributed by atoms with E-state index < -0.39 is 0 Å². The third-order valence-electron chi connectivity index (χ3n) is 5.49. The average molecular weight is 386 g/mol. The molecule has 0 atom stereocenters. The maximum Gasteiger partial charge on any atom is 0.195 e. The summed E-state index contributed by atoms with van der Waals surface area (Å²) in [7, 11) is 0. The lowest BCUT2D eigenvalue weighted by molar-refractivity contribution is 0.103. The van der Waals surface area contributed by atoms with Crippen molar-refractivity contribution in [3.05, 3.63) is 93.5 Å². The summed E-state index contributed by atoms with van der Waals surface area (Å²) in [4.78, 5) is 13.2. The van der Waals surface area contributed by atoms with Crippen LogP contribution in [0.25, 0.3) is 0 Å². The molecule has 0 fully saturated rings. The van der Waals surface area contributed by atoms with Crippen molar-refractivity contribution < 1.29 is 4.79 Å². The van der Waals surface area contributed by atoms with E-state index in [1.54, 1.807) is 0 Å². The Kier molecular flexibility index (Phi) is 6.53. The lowest BCUT2D eigenvalue weighted by Crippen LogP contribution is -2.17. The van der Waals surface area contributed by atoms with Crippen molar-refractivity contribution in [2.45, 2.75) is 53.9 Å². The van der Waals surface area contributed by atoms with Gasteiger partial charge in [-0.2, -0.15) is 0 Å². The number of hydrogen-bond acceptors (Lipinski definition) is 2. The molecule has 1 N–H and O–H groups in total. The van der Waals surface area contributed by atoms with Gasteiger partial charge in [0.1, 0.15) is 0 Å². The first kappa shape index (κ1) is 20.9. The monoisotopic (exact) mass is 385 g/mol. The number of ketones is 1. The van der Waals surface area contributed by atoms with Crippen molar-refractivity contribution >= 4 is 17.2 Å². The molecule has 2 nitrogen and oxygen atoms in total. The zero-order valence-corrected chi connectivity index (χ0v) is 18.2. The van der Waals surface area contributed by atoms with E-state index in [1.807, 2.05) is 44.2 Å². The van der Waals surface area contributed by atoms with Gasteiger partial charge in [0.15, 0.2) is 5.78 Å². The third-order valence-corrected chi connectivity index (χ3v) is 5.49. The second-order valence-corrected chi connectivity index (χ2v) is 7.29. The number of anilines is 2. The van der Waals surface area contributed by atoms with Gasteiger partial charge in [-0.15, -0.1) is 0 Å². The molecule has 29 heavy (non-hydrogen) atoms. The van der Waals surface area contributed by atoms with Gasteiger partial charge >= 0.3 is 0 Å². The predicted molar refractivity (Wildman–Crippen MR) is 124 cm³/mol. The van der Waals surface area contributed by atoms with E-state index in [9.17, 15) is 4.79 Å². The van der Waals surface area contributed by atoms with Gasteiger partial charge < -0.3 is 5.32 Å². The smallest absolute Gasteiger partial charge is 0.195 e. The van der Waals surface area contributed by atoms with Crippen molar-refractivity contribution in [3.8, 4) is 0 Å². The van der Waals surface area contributed by atoms with Crippen LogP contribution >= 0.6 is 0 Å². The Morgan fingerprint density at radius 3 is 2.14 bits per heavy atom. The third kappa shape index (κ3) is 3.98. The predicted octanol–water partition coefficient (Wildman–Crippen LogP) is 7.02. The van der Waals surface area contributed by atoms with E-state index in [0.29, 0.717) is 0 Å². The van der Waals surface area contributed by atoms with Crippen LogP contribution in [0.4, 0.5) is 11.4 Å². The molecule has 0 saturated carbocycles. The van der Waals surface area contributed by atoms with Crippen LogP contribution in [0.15, 0.2) is 54.6 Å². The fourth-order valence-corrected chi connectivity index (χ4v) is 4.15. The number of nitrogens with one attached hydrogen (secondary N) is 1. The SMILES string of the molecule is CC.CCc1cc(C)cc(CC)c1Nc1cccc2c1C(=O)c1ccccc1C2. The summed E-state index contributed by atoms with van der Waals surface area (Å²) in [5, 5.41) is 3.64. The Labute approximate surface area is 175 Å². The molecule has 0 radical (unpaired) electrons. The molecule has 0 unspecified atom stereocenters. The van der Waals surface area contributed by atoms with Gasteiger partial charge in [-0.3, -0.25) is 4.79 Å². The first-order valence-electron chi connectivity index (χ1n) is 10.8. The first-order valence-corrected chi connectivity index (χ1v) is 10.8. The second-order valence-electron chi connectivity index (χ2n) is 7.29. The number of benzene rings is 3. The highest BCUT2D eigenvalue weighted by atomic mass is 16.1. The maximum absolute atomic E-state index is 13.2. The van der Waals surface area contributed by atoms with Crippen molar-refractivity contribution in [1.29, 1.82) is 0 Å². The van der Waals surface area contributed by atoms with Gasteiger partial charge in [-0.1, -0.05) is 81.8 Å². The van der Waals surface area contributed by atoms with E-state index in [1.165, 1.54) is 16.7 Å². The minimum Gasteiger partial charge on any atom is -0.354 e. The second kappa shape index (κ2) is 9.09. The lowest BCUT2D eigenvalue weighted by atomic mass is 9.84. The van der Waals surface area contributed by atoms with E-state index in [4.69, 9.17) is 0 Å². The van der Waals surface area contributed by atoms with Crippen LogP contribution < -0.4 is 5.32 Å². The van der Waals surface area contributed by atoms with Gasteiger partial charge in [0.2, 0.25) is 0 Å². The van der Waals surface area contributed by atoms with E-state index in [-0.39, 0.29) is 5.78 Å².